The van der Waals surface area contributed by atoms with Crippen molar-refractivity contribution in [3.63, 3.8) is 0 Å². The third-order valence-corrected chi connectivity index (χ3v) is 6.17. The van der Waals surface area contributed by atoms with E-state index in [1.54, 1.807) is 16.0 Å². The fourth-order valence-corrected chi connectivity index (χ4v) is 4.81. The van der Waals surface area contributed by atoms with E-state index >= 15 is 0 Å². The molecular weight excluding hydrogens is 414 g/mol. The third kappa shape index (κ3) is 3.23. The molecular formula is C18H20BrN5OS. The fourth-order valence-electron chi connectivity index (χ4n) is 3.24. The molecule has 6 nitrogen and oxygen atoms in total. The van der Waals surface area contributed by atoms with E-state index in [-0.39, 0.29) is 5.91 Å². The van der Waals surface area contributed by atoms with Crippen LogP contribution in [-0.4, -0.2) is 51.8 Å². The Kier molecular flexibility index (Phi) is 4.71. The van der Waals surface area contributed by atoms with Crippen molar-refractivity contribution in [3.05, 3.63) is 40.1 Å². The second-order valence-corrected chi connectivity index (χ2v) is 8.30. The van der Waals surface area contributed by atoms with Gasteiger partial charge >= 0.3 is 0 Å². The molecule has 0 aliphatic carbocycles. The largest absolute Gasteiger partial charge is 0.345 e. The van der Waals surface area contributed by atoms with Crippen LogP contribution in [0.15, 0.2) is 28.7 Å². The summed E-state index contributed by atoms with van der Waals surface area (Å²) in [4.78, 5) is 21.8. The third-order valence-electron chi connectivity index (χ3n) is 4.60. The number of hydrogen-bond acceptors (Lipinski definition) is 5. The van der Waals surface area contributed by atoms with Crippen LogP contribution in [0.4, 0.5) is 5.13 Å². The summed E-state index contributed by atoms with van der Waals surface area (Å²) in [5.74, 6) is 0.0698. The first-order valence-corrected chi connectivity index (χ1v) is 10.3. The Labute approximate surface area is 164 Å². The number of benzene rings is 1. The molecule has 0 saturated carbocycles. The molecule has 0 N–H and O–H groups in total. The van der Waals surface area contributed by atoms with Crippen molar-refractivity contribution in [1.29, 1.82) is 0 Å². The number of nitrogens with zero attached hydrogens (tertiary/aromatic N) is 5. The Balaban J connectivity index is 1.47. The number of fused-ring (bicyclic) bond motifs is 1. The number of carbonyl (C=O) groups is 1. The zero-order valence-corrected chi connectivity index (χ0v) is 17.2. The lowest BCUT2D eigenvalue weighted by atomic mass is 10.2. The van der Waals surface area contributed by atoms with E-state index in [2.05, 4.69) is 32.0 Å². The topological polar surface area (TPSA) is 54.3 Å². The molecule has 0 bridgehead atoms. The lowest BCUT2D eigenvalue weighted by molar-refractivity contribution is 0.0734. The second kappa shape index (κ2) is 7.00. The van der Waals surface area contributed by atoms with Crippen LogP contribution in [0.5, 0.6) is 0 Å². The highest BCUT2D eigenvalue weighted by atomic mass is 79.9. The molecule has 0 atom stereocenters. The van der Waals surface area contributed by atoms with E-state index in [9.17, 15) is 4.79 Å². The summed E-state index contributed by atoms with van der Waals surface area (Å²) in [6.07, 6.45) is 0. The maximum atomic E-state index is 12.8. The smallest absolute Gasteiger partial charge is 0.272 e. The monoisotopic (exact) mass is 433 g/mol. The van der Waals surface area contributed by atoms with Gasteiger partial charge in [0, 0.05) is 37.2 Å². The summed E-state index contributed by atoms with van der Waals surface area (Å²) >= 11 is 5.21. The number of anilines is 1. The van der Waals surface area contributed by atoms with E-state index in [4.69, 9.17) is 4.98 Å². The summed E-state index contributed by atoms with van der Waals surface area (Å²) in [5.41, 5.74) is 2.59. The molecule has 1 aliphatic heterocycles. The number of amides is 1. The van der Waals surface area contributed by atoms with Gasteiger partial charge in [0.05, 0.1) is 15.9 Å². The van der Waals surface area contributed by atoms with Crippen LogP contribution in [-0.2, 0) is 6.54 Å². The molecule has 1 saturated heterocycles. The molecule has 3 aromatic rings. The first kappa shape index (κ1) is 17.5. The van der Waals surface area contributed by atoms with Crippen LogP contribution < -0.4 is 4.90 Å². The number of hydrogen-bond donors (Lipinski definition) is 0. The van der Waals surface area contributed by atoms with Crippen molar-refractivity contribution in [1.82, 2.24) is 19.7 Å². The summed E-state index contributed by atoms with van der Waals surface area (Å²) < 4.78 is 4.03. The van der Waals surface area contributed by atoms with Gasteiger partial charge in [-0.05, 0) is 38.1 Å². The lowest BCUT2D eigenvalue weighted by Crippen LogP contribution is -2.49. The summed E-state index contributed by atoms with van der Waals surface area (Å²) in [5, 5.41) is 5.41. The van der Waals surface area contributed by atoms with Crippen LogP contribution in [0.2, 0.25) is 0 Å². The highest BCUT2D eigenvalue weighted by Gasteiger charge is 2.26. The lowest BCUT2D eigenvalue weighted by Gasteiger charge is -2.34. The zero-order valence-electron chi connectivity index (χ0n) is 14.8. The maximum absolute atomic E-state index is 12.8. The average Bonchev–Trinajstić information content (AvgIpc) is 3.24. The molecule has 2 aromatic heterocycles. The van der Waals surface area contributed by atoms with Gasteiger partial charge in [0.25, 0.3) is 5.91 Å². The number of thiazole rings is 1. The molecule has 1 aromatic carbocycles. The van der Waals surface area contributed by atoms with Crippen LogP contribution in [0.1, 0.15) is 23.1 Å². The standard InChI is InChI=1S/C18H20BrN5OS/c1-3-24-15(10-12(2)21-24)17(25)22-6-8-23(9-7-22)18-20-14-5-4-13(19)11-16(14)26-18/h4-5,10-11H,3,6-9H2,1-2H3. The van der Waals surface area contributed by atoms with Gasteiger partial charge in [-0.15, -0.1) is 0 Å². The Morgan fingerprint density at radius 3 is 2.73 bits per heavy atom. The van der Waals surface area contributed by atoms with Crippen molar-refractivity contribution in [2.24, 2.45) is 0 Å². The number of rotatable bonds is 3. The maximum Gasteiger partial charge on any atom is 0.272 e. The number of halogens is 1. The number of carbonyl (C=O) groups excluding carboxylic acids is 1. The van der Waals surface area contributed by atoms with Crippen LogP contribution in [0.3, 0.4) is 0 Å². The Morgan fingerprint density at radius 1 is 1.23 bits per heavy atom. The minimum absolute atomic E-state index is 0.0698. The molecule has 1 amide bonds. The van der Waals surface area contributed by atoms with Crippen LogP contribution in [0, 0.1) is 6.92 Å². The average molecular weight is 434 g/mol. The van der Waals surface area contributed by atoms with Crippen molar-refractivity contribution in [2.75, 3.05) is 31.1 Å². The van der Waals surface area contributed by atoms with Crippen molar-refractivity contribution in [3.8, 4) is 0 Å². The minimum atomic E-state index is 0.0698. The summed E-state index contributed by atoms with van der Waals surface area (Å²) in [7, 11) is 0. The van der Waals surface area contributed by atoms with E-state index in [0.717, 1.165) is 33.9 Å². The first-order chi connectivity index (χ1) is 12.5. The molecule has 26 heavy (non-hydrogen) atoms. The molecule has 0 radical (unpaired) electrons. The van der Waals surface area contributed by atoms with E-state index < -0.39 is 0 Å². The van der Waals surface area contributed by atoms with Crippen molar-refractivity contribution >= 4 is 48.5 Å². The van der Waals surface area contributed by atoms with Gasteiger partial charge in [0.15, 0.2) is 5.13 Å². The highest BCUT2D eigenvalue weighted by molar-refractivity contribution is 9.10. The van der Waals surface area contributed by atoms with Gasteiger partial charge in [-0.3, -0.25) is 9.48 Å². The molecule has 8 heteroatoms. The van der Waals surface area contributed by atoms with Crippen molar-refractivity contribution < 1.29 is 4.79 Å². The van der Waals surface area contributed by atoms with Gasteiger partial charge in [-0.25, -0.2) is 4.98 Å². The van der Waals surface area contributed by atoms with Gasteiger partial charge in [0.1, 0.15) is 5.69 Å². The summed E-state index contributed by atoms with van der Waals surface area (Å²) in [6.45, 7) is 7.63. The predicted octanol–water partition coefficient (Wildman–Crippen LogP) is 3.55. The molecule has 1 fully saturated rings. The molecule has 0 spiro atoms. The van der Waals surface area contributed by atoms with Gasteiger partial charge in [-0.1, -0.05) is 27.3 Å². The van der Waals surface area contributed by atoms with Crippen molar-refractivity contribution in [2.45, 2.75) is 20.4 Å². The van der Waals surface area contributed by atoms with Gasteiger partial charge < -0.3 is 9.80 Å². The quantitative estimate of drug-likeness (QED) is 0.633. The Morgan fingerprint density at radius 2 is 2.00 bits per heavy atom. The minimum Gasteiger partial charge on any atom is -0.345 e. The fraction of sp³-hybridized carbons (Fsp3) is 0.389. The molecule has 136 valence electrons. The number of piperazine rings is 1. The SMILES string of the molecule is CCn1nc(C)cc1C(=O)N1CCN(c2nc3ccc(Br)cc3s2)CC1. The molecule has 0 unspecified atom stereocenters. The molecule has 1 aliphatic rings. The number of aryl methyl sites for hydroxylation is 2. The Hall–Kier alpha value is -1.93. The second-order valence-electron chi connectivity index (χ2n) is 6.37. The first-order valence-electron chi connectivity index (χ1n) is 8.70. The Bertz CT molecular complexity index is 958. The van der Waals surface area contributed by atoms with E-state index in [1.165, 1.54) is 4.70 Å². The van der Waals surface area contributed by atoms with Crippen LogP contribution in [0.25, 0.3) is 10.2 Å². The summed E-state index contributed by atoms with van der Waals surface area (Å²) in [6, 6.07) is 8.03. The highest BCUT2D eigenvalue weighted by Crippen LogP contribution is 2.31. The van der Waals surface area contributed by atoms with E-state index in [1.807, 2.05) is 36.9 Å². The van der Waals surface area contributed by atoms with E-state index in [0.29, 0.717) is 25.3 Å². The normalized spacial score (nSPS) is 15.0. The van der Waals surface area contributed by atoms with Gasteiger partial charge in [-0.2, -0.15) is 5.10 Å². The zero-order chi connectivity index (χ0) is 18.3. The van der Waals surface area contributed by atoms with Gasteiger partial charge in [0.2, 0.25) is 0 Å². The molecule has 4 rings (SSSR count). The number of aromatic nitrogens is 3. The molecule has 3 heterocycles. The predicted molar refractivity (Wildman–Crippen MR) is 108 cm³/mol. The van der Waals surface area contributed by atoms with Crippen LogP contribution >= 0.6 is 27.3 Å².